The third-order valence-electron chi connectivity index (χ3n) is 4.85. The van der Waals surface area contributed by atoms with Gasteiger partial charge in [-0.25, -0.2) is 0 Å². The number of rotatable bonds is 7. The van der Waals surface area contributed by atoms with E-state index < -0.39 is 0 Å². The Morgan fingerprint density at radius 2 is 1.62 bits per heavy atom. The maximum absolute atomic E-state index is 12.4. The summed E-state index contributed by atoms with van der Waals surface area (Å²) in [6.07, 6.45) is 3.42. The Bertz CT molecular complexity index is 1010. The molecule has 0 aliphatic rings. The highest BCUT2D eigenvalue weighted by atomic mass is 16.5. The Morgan fingerprint density at radius 3 is 2.28 bits per heavy atom. The Kier molecular flexibility index (Phi) is 6.50. The zero-order valence-corrected chi connectivity index (χ0v) is 17.4. The van der Waals surface area contributed by atoms with E-state index in [1.165, 1.54) is 0 Å². The van der Waals surface area contributed by atoms with E-state index in [1.807, 2.05) is 87.5 Å². The lowest BCUT2D eigenvalue weighted by atomic mass is 10.1. The molecule has 0 atom stereocenters. The molecule has 29 heavy (non-hydrogen) atoms. The minimum Gasteiger partial charge on any atom is -0.496 e. The summed E-state index contributed by atoms with van der Waals surface area (Å²) in [4.78, 5) is 12.4. The van der Waals surface area contributed by atoms with Crippen molar-refractivity contribution in [3.63, 3.8) is 0 Å². The van der Waals surface area contributed by atoms with Gasteiger partial charge in [-0.3, -0.25) is 4.79 Å². The number of carbonyl (C=O) groups excluding carboxylic acids is 1. The molecule has 0 N–H and O–H groups in total. The van der Waals surface area contributed by atoms with E-state index >= 15 is 0 Å². The number of benzene rings is 3. The number of methoxy groups -OCH3 is 1. The molecule has 0 fully saturated rings. The molecule has 0 aliphatic heterocycles. The Hall–Kier alpha value is -3.33. The molecule has 3 aromatic carbocycles. The number of ketones is 1. The fraction of sp³-hybridized carbons (Fsp3) is 0.192. The topological polar surface area (TPSA) is 35.5 Å². The maximum Gasteiger partial charge on any atom is 0.185 e. The van der Waals surface area contributed by atoms with Gasteiger partial charge in [0, 0.05) is 11.1 Å². The van der Waals surface area contributed by atoms with Crippen molar-refractivity contribution in [2.45, 2.75) is 27.4 Å². The van der Waals surface area contributed by atoms with Crippen LogP contribution in [0.3, 0.4) is 0 Å². The van der Waals surface area contributed by atoms with Crippen LogP contribution in [-0.4, -0.2) is 12.9 Å². The van der Waals surface area contributed by atoms with Gasteiger partial charge in [0.15, 0.2) is 5.78 Å². The van der Waals surface area contributed by atoms with Crippen molar-refractivity contribution in [2.75, 3.05) is 7.11 Å². The average Bonchev–Trinajstić information content (AvgIpc) is 2.72. The van der Waals surface area contributed by atoms with Crippen molar-refractivity contribution < 1.29 is 14.3 Å². The summed E-state index contributed by atoms with van der Waals surface area (Å²) in [5.74, 6) is 1.64. The second-order valence-electron chi connectivity index (χ2n) is 7.14. The number of hydrogen-bond acceptors (Lipinski definition) is 3. The highest BCUT2D eigenvalue weighted by molar-refractivity contribution is 6.06. The third kappa shape index (κ3) is 5.14. The van der Waals surface area contributed by atoms with Crippen LogP contribution in [-0.2, 0) is 6.61 Å². The first-order valence-electron chi connectivity index (χ1n) is 9.63. The Morgan fingerprint density at radius 1 is 0.931 bits per heavy atom. The summed E-state index contributed by atoms with van der Waals surface area (Å²) in [6.45, 7) is 6.47. The molecule has 3 aromatic rings. The molecule has 3 heteroatoms. The number of allylic oxidation sites excluding steroid dienone is 1. The van der Waals surface area contributed by atoms with Crippen LogP contribution in [0.4, 0.5) is 0 Å². The zero-order valence-electron chi connectivity index (χ0n) is 17.4. The SMILES string of the molecule is COc1ccc(/C=C/C(=O)c2ccc(C)cc2)cc1COc1c(C)cccc1C. The van der Waals surface area contributed by atoms with Gasteiger partial charge in [0.05, 0.1) is 7.11 Å². The van der Waals surface area contributed by atoms with Crippen molar-refractivity contribution in [1.82, 2.24) is 0 Å². The van der Waals surface area contributed by atoms with E-state index in [-0.39, 0.29) is 5.78 Å². The fourth-order valence-electron chi connectivity index (χ4n) is 3.18. The fourth-order valence-corrected chi connectivity index (χ4v) is 3.18. The summed E-state index contributed by atoms with van der Waals surface area (Å²) >= 11 is 0. The minimum absolute atomic E-state index is 0.0193. The summed E-state index contributed by atoms with van der Waals surface area (Å²) in [6, 6.07) is 19.5. The standard InChI is InChI=1S/C26H26O3/c1-18-8-12-22(13-9-18)24(27)14-10-21-11-15-25(28-4)23(16-21)17-29-26-19(2)6-5-7-20(26)3/h5-16H,17H2,1-4H3/b14-10+. The number of ether oxygens (including phenoxy) is 2. The largest absolute Gasteiger partial charge is 0.496 e. The molecule has 0 saturated carbocycles. The van der Waals surface area contributed by atoms with Crippen molar-refractivity contribution >= 4 is 11.9 Å². The van der Waals surface area contributed by atoms with Crippen LogP contribution >= 0.6 is 0 Å². The molecule has 0 aliphatic carbocycles. The van der Waals surface area contributed by atoms with Gasteiger partial charge >= 0.3 is 0 Å². The Balaban J connectivity index is 1.77. The second-order valence-corrected chi connectivity index (χ2v) is 7.14. The van der Waals surface area contributed by atoms with Gasteiger partial charge in [-0.15, -0.1) is 0 Å². The number of aryl methyl sites for hydroxylation is 3. The predicted octanol–water partition coefficient (Wildman–Crippen LogP) is 6.10. The number of hydrogen-bond donors (Lipinski definition) is 0. The van der Waals surface area contributed by atoms with E-state index in [2.05, 4.69) is 0 Å². The van der Waals surface area contributed by atoms with Crippen molar-refractivity contribution in [2.24, 2.45) is 0 Å². The molecule has 0 spiro atoms. The van der Waals surface area contributed by atoms with Crippen LogP contribution in [0.15, 0.2) is 66.7 Å². The molecule has 0 radical (unpaired) electrons. The van der Waals surface area contributed by atoms with Crippen LogP contribution in [0.5, 0.6) is 11.5 Å². The lowest BCUT2D eigenvalue weighted by Gasteiger charge is -2.14. The lowest BCUT2D eigenvalue weighted by molar-refractivity contribution is 0.104. The highest BCUT2D eigenvalue weighted by Crippen LogP contribution is 2.27. The first kappa shape index (κ1) is 20.4. The lowest BCUT2D eigenvalue weighted by Crippen LogP contribution is -2.01. The molecule has 0 saturated heterocycles. The minimum atomic E-state index is -0.0193. The molecular weight excluding hydrogens is 360 g/mol. The van der Waals surface area contributed by atoms with Gasteiger partial charge in [-0.2, -0.15) is 0 Å². The summed E-state index contributed by atoms with van der Waals surface area (Å²) in [5, 5.41) is 0. The zero-order chi connectivity index (χ0) is 20.8. The van der Waals surface area contributed by atoms with E-state index in [1.54, 1.807) is 13.2 Å². The van der Waals surface area contributed by atoms with Crippen molar-refractivity contribution in [3.8, 4) is 11.5 Å². The quantitative estimate of drug-likeness (QED) is 0.364. The average molecular weight is 386 g/mol. The molecule has 3 nitrogen and oxygen atoms in total. The van der Waals surface area contributed by atoms with E-state index in [0.29, 0.717) is 12.2 Å². The first-order chi connectivity index (χ1) is 14.0. The number of para-hydroxylation sites is 1. The monoisotopic (exact) mass is 386 g/mol. The van der Waals surface area contributed by atoms with Gasteiger partial charge in [0.2, 0.25) is 0 Å². The molecule has 0 bridgehead atoms. The van der Waals surface area contributed by atoms with Gasteiger partial charge in [-0.1, -0.05) is 60.2 Å². The van der Waals surface area contributed by atoms with Gasteiger partial charge in [0.25, 0.3) is 0 Å². The molecule has 0 unspecified atom stereocenters. The molecule has 0 amide bonds. The van der Waals surface area contributed by atoms with Crippen LogP contribution in [0.25, 0.3) is 6.08 Å². The van der Waals surface area contributed by atoms with Crippen LogP contribution < -0.4 is 9.47 Å². The molecule has 148 valence electrons. The third-order valence-corrected chi connectivity index (χ3v) is 4.85. The van der Waals surface area contributed by atoms with E-state index in [4.69, 9.17) is 9.47 Å². The van der Waals surface area contributed by atoms with E-state index in [0.717, 1.165) is 39.3 Å². The Labute approximate surface area is 172 Å². The second kappa shape index (κ2) is 9.24. The molecule has 0 aromatic heterocycles. The summed E-state index contributed by atoms with van der Waals surface area (Å²) < 4.78 is 11.6. The van der Waals surface area contributed by atoms with Crippen molar-refractivity contribution in [3.05, 3.63) is 100 Å². The van der Waals surface area contributed by atoms with Crippen LogP contribution in [0.2, 0.25) is 0 Å². The smallest absolute Gasteiger partial charge is 0.185 e. The summed E-state index contributed by atoms with van der Waals surface area (Å²) in [5.41, 5.74) is 5.87. The van der Waals surface area contributed by atoms with Gasteiger partial charge < -0.3 is 9.47 Å². The molecular formula is C26H26O3. The number of carbonyl (C=O) groups is 1. The van der Waals surface area contributed by atoms with Gasteiger partial charge in [0.1, 0.15) is 18.1 Å². The van der Waals surface area contributed by atoms with E-state index in [9.17, 15) is 4.79 Å². The van der Waals surface area contributed by atoms with Gasteiger partial charge in [-0.05, 0) is 55.7 Å². The van der Waals surface area contributed by atoms with Crippen molar-refractivity contribution in [1.29, 1.82) is 0 Å². The predicted molar refractivity (Wildman–Crippen MR) is 118 cm³/mol. The normalized spacial score (nSPS) is 10.9. The van der Waals surface area contributed by atoms with Crippen LogP contribution in [0, 0.1) is 20.8 Å². The summed E-state index contributed by atoms with van der Waals surface area (Å²) in [7, 11) is 1.65. The molecule has 3 rings (SSSR count). The first-order valence-corrected chi connectivity index (χ1v) is 9.63. The highest BCUT2D eigenvalue weighted by Gasteiger charge is 2.08. The maximum atomic E-state index is 12.4. The molecule has 0 heterocycles. The van der Waals surface area contributed by atoms with Crippen LogP contribution in [0.1, 0.15) is 38.2 Å².